The molecule has 0 fully saturated rings. The molecule has 1 N–H and O–H groups in total. The van der Waals surface area contributed by atoms with Crippen molar-refractivity contribution >= 4 is 5.97 Å². The second-order valence-electron chi connectivity index (χ2n) is 3.31. The van der Waals surface area contributed by atoms with Gasteiger partial charge in [0.2, 0.25) is 0 Å². The third-order valence-electron chi connectivity index (χ3n) is 1.97. The lowest BCUT2D eigenvalue weighted by Crippen LogP contribution is -1.83. The maximum atomic E-state index is 9.75. The molecular weight excluding hydrogens is 200 g/mol. The molecule has 0 amide bonds. The summed E-state index contributed by atoms with van der Waals surface area (Å²) >= 11 is 0. The summed E-state index contributed by atoms with van der Waals surface area (Å²) in [4.78, 5) is 9.75. The number of aryl methyl sites for hydroxylation is 2. The van der Waals surface area contributed by atoms with Crippen molar-refractivity contribution in [3.05, 3.63) is 59.7 Å². The largest absolute Gasteiger partial charge is 0.478 e. The lowest BCUT2D eigenvalue weighted by molar-refractivity contribution is -0.131. The van der Waals surface area contributed by atoms with E-state index < -0.39 is 5.97 Å². The van der Waals surface area contributed by atoms with Gasteiger partial charge in [-0.25, -0.2) is 4.79 Å². The molecule has 0 aliphatic carbocycles. The number of allylic oxidation sites excluding steroid dienone is 3. The molecule has 16 heavy (non-hydrogen) atoms. The molecule has 0 saturated heterocycles. The summed E-state index contributed by atoms with van der Waals surface area (Å²) in [7, 11) is 0. The molecular formula is C14H18O2. The number of rotatable bonds is 2. The van der Waals surface area contributed by atoms with Crippen molar-refractivity contribution in [2.75, 3.05) is 0 Å². The zero-order valence-corrected chi connectivity index (χ0v) is 9.97. The molecule has 86 valence electrons. The maximum absolute atomic E-state index is 9.75. The molecule has 0 aromatic heterocycles. The van der Waals surface area contributed by atoms with Crippen molar-refractivity contribution in [2.24, 2.45) is 0 Å². The Kier molecular flexibility index (Phi) is 7.51. The van der Waals surface area contributed by atoms with Crippen LogP contribution in [0.2, 0.25) is 0 Å². The fourth-order valence-electron chi connectivity index (χ4n) is 0.912. The standard InChI is InChI=1S/C8H10.C6H8O2/c1-7-5-3-4-6-8(7)2;1-2-3-4-5-6(7)8/h3-6H,1-2H3;2-5H,1H3,(H,7,8). The first-order chi connectivity index (χ1) is 7.57. The Balaban J connectivity index is 0.000000281. The van der Waals surface area contributed by atoms with Crippen molar-refractivity contribution in [2.45, 2.75) is 20.8 Å². The summed E-state index contributed by atoms with van der Waals surface area (Å²) in [6, 6.07) is 8.36. The van der Waals surface area contributed by atoms with Crippen LogP contribution >= 0.6 is 0 Å². The number of carboxylic acid groups (broad SMARTS) is 1. The number of carbonyl (C=O) groups is 1. The van der Waals surface area contributed by atoms with Crippen LogP contribution in [0.15, 0.2) is 48.6 Å². The third-order valence-corrected chi connectivity index (χ3v) is 1.97. The molecule has 0 saturated carbocycles. The fraction of sp³-hybridized carbons (Fsp3) is 0.214. The van der Waals surface area contributed by atoms with Crippen molar-refractivity contribution in [3.63, 3.8) is 0 Å². The molecule has 2 nitrogen and oxygen atoms in total. The Bertz CT molecular complexity index is 355. The van der Waals surface area contributed by atoms with Gasteiger partial charge in [-0.05, 0) is 31.9 Å². The highest BCUT2D eigenvalue weighted by atomic mass is 16.4. The van der Waals surface area contributed by atoms with Crippen LogP contribution in [0.3, 0.4) is 0 Å². The van der Waals surface area contributed by atoms with Crippen molar-refractivity contribution < 1.29 is 9.90 Å². The lowest BCUT2D eigenvalue weighted by atomic mass is 10.1. The average Bonchev–Trinajstić information content (AvgIpc) is 2.23. The lowest BCUT2D eigenvalue weighted by Gasteiger charge is -1.93. The Morgan fingerprint density at radius 3 is 1.94 bits per heavy atom. The molecule has 0 aliphatic rings. The van der Waals surface area contributed by atoms with Gasteiger partial charge in [-0.1, -0.05) is 42.5 Å². The molecule has 0 bridgehead atoms. The van der Waals surface area contributed by atoms with E-state index in [1.165, 1.54) is 17.2 Å². The highest BCUT2D eigenvalue weighted by molar-refractivity contribution is 5.80. The van der Waals surface area contributed by atoms with Crippen molar-refractivity contribution in [1.29, 1.82) is 0 Å². The van der Waals surface area contributed by atoms with Gasteiger partial charge in [0.15, 0.2) is 0 Å². The smallest absolute Gasteiger partial charge is 0.328 e. The summed E-state index contributed by atoms with van der Waals surface area (Å²) in [6.45, 7) is 6.07. The summed E-state index contributed by atoms with van der Waals surface area (Å²) in [6.07, 6.45) is 5.98. The van der Waals surface area contributed by atoms with E-state index in [1.54, 1.807) is 12.2 Å². The molecule has 0 atom stereocenters. The summed E-state index contributed by atoms with van der Waals surface area (Å²) in [5.41, 5.74) is 2.74. The van der Waals surface area contributed by atoms with Gasteiger partial charge in [-0.2, -0.15) is 0 Å². The van der Waals surface area contributed by atoms with E-state index in [2.05, 4.69) is 38.1 Å². The van der Waals surface area contributed by atoms with E-state index in [9.17, 15) is 4.79 Å². The van der Waals surface area contributed by atoms with E-state index in [-0.39, 0.29) is 0 Å². The van der Waals surface area contributed by atoms with Gasteiger partial charge >= 0.3 is 5.97 Å². The molecule has 2 heteroatoms. The minimum atomic E-state index is -0.914. The third kappa shape index (κ3) is 7.56. The number of benzene rings is 1. The predicted octanol–water partition coefficient (Wildman–Crippen LogP) is 3.51. The number of aliphatic carboxylic acids is 1. The van der Waals surface area contributed by atoms with E-state index in [1.807, 2.05) is 6.92 Å². The van der Waals surface area contributed by atoms with Gasteiger partial charge in [0, 0.05) is 6.08 Å². The predicted molar refractivity (Wildman–Crippen MR) is 67.5 cm³/mol. The van der Waals surface area contributed by atoms with E-state index >= 15 is 0 Å². The average molecular weight is 218 g/mol. The number of hydrogen-bond acceptors (Lipinski definition) is 1. The van der Waals surface area contributed by atoms with Crippen molar-refractivity contribution in [3.8, 4) is 0 Å². The first kappa shape index (κ1) is 14.2. The van der Waals surface area contributed by atoms with Crippen LogP contribution < -0.4 is 0 Å². The molecule has 1 aromatic carbocycles. The Labute approximate surface area is 96.9 Å². The van der Waals surface area contributed by atoms with Crippen LogP contribution in [0.5, 0.6) is 0 Å². The molecule has 0 spiro atoms. The first-order valence-corrected chi connectivity index (χ1v) is 5.12. The van der Waals surface area contributed by atoms with Crippen LogP contribution in [0.4, 0.5) is 0 Å². The molecule has 0 unspecified atom stereocenters. The van der Waals surface area contributed by atoms with Crippen LogP contribution in [-0.2, 0) is 4.79 Å². The Morgan fingerprint density at radius 1 is 1.12 bits per heavy atom. The van der Waals surface area contributed by atoms with E-state index in [4.69, 9.17) is 5.11 Å². The normalized spacial score (nSPS) is 10.2. The Morgan fingerprint density at radius 2 is 1.62 bits per heavy atom. The van der Waals surface area contributed by atoms with Crippen LogP contribution in [0, 0.1) is 13.8 Å². The van der Waals surface area contributed by atoms with Gasteiger partial charge in [-0.3, -0.25) is 0 Å². The molecule has 1 rings (SSSR count). The van der Waals surface area contributed by atoms with Crippen LogP contribution in [0.25, 0.3) is 0 Å². The highest BCUT2D eigenvalue weighted by Crippen LogP contribution is 2.02. The SMILES string of the molecule is CC=CC=CC(=O)O.Cc1ccccc1C. The molecule has 1 aromatic rings. The zero-order chi connectivity index (χ0) is 12.4. The minimum Gasteiger partial charge on any atom is -0.478 e. The first-order valence-electron chi connectivity index (χ1n) is 5.12. The van der Waals surface area contributed by atoms with E-state index in [0.717, 1.165) is 6.08 Å². The minimum absolute atomic E-state index is 0.914. The summed E-state index contributed by atoms with van der Waals surface area (Å²) < 4.78 is 0. The van der Waals surface area contributed by atoms with Gasteiger partial charge < -0.3 is 5.11 Å². The number of carboxylic acids is 1. The van der Waals surface area contributed by atoms with Crippen molar-refractivity contribution in [1.82, 2.24) is 0 Å². The topological polar surface area (TPSA) is 37.3 Å². The van der Waals surface area contributed by atoms with Gasteiger partial charge in [-0.15, -0.1) is 0 Å². The van der Waals surface area contributed by atoms with Gasteiger partial charge in [0.05, 0.1) is 0 Å². The second-order valence-corrected chi connectivity index (χ2v) is 3.31. The summed E-state index contributed by atoms with van der Waals surface area (Å²) in [5, 5.41) is 8.02. The second kappa shape index (κ2) is 8.48. The van der Waals surface area contributed by atoms with Gasteiger partial charge in [0.1, 0.15) is 0 Å². The van der Waals surface area contributed by atoms with Crippen LogP contribution in [0.1, 0.15) is 18.1 Å². The number of hydrogen-bond donors (Lipinski definition) is 1. The molecule has 0 radical (unpaired) electrons. The Hall–Kier alpha value is -1.83. The van der Waals surface area contributed by atoms with Gasteiger partial charge in [0.25, 0.3) is 0 Å². The molecule has 0 heterocycles. The molecule has 0 aliphatic heterocycles. The quantitative estimate of drug-likeness (QED) is 0.609. The maximum Gasteiger partial charge on any atom is 0.328 e. The monoisotopic (exact) mass is 218 g/mol. The summed E-state index contributed by atoms with van der Waals surface area (Å²) in [5.74, 6) is -0.914. The zero-order valence-electron chi connectivity index (χ0n) is 9.97. The fourth-order valence-corrected chi connectivity index (χ4v) is 0.912. The van der Waals surface area contributed by atoms with E-state index in [0.29, 0.717) is 0 Å². The van der Waals surface area contributed by atoms with Crippen LogP contribution in [-0.4, -0.2) is 11.1 Å². The highest BCUT2D eigenvalue weighted by Gasteiger charge is 1.83.